The molecule has 0 unspecified atom stereocenters. The molecule has 0 saturated carbocycles. The largest absolute Gasteiger partial charge is 0.448 e. The number of fused-ring (bicyclic) bond motifs is 3. The van der Waals surface area contributed by atoms with Gasteiger partial charge in [-0.3, -0.25) is 5.32 Å². The van der Waals surface area contributed by atoms with Crippen LogP contribution in [0.15, 0.2) is 103 Å². The fourth-order valence-electron chi connectivity index (χ4n) is 6.47. The lowest BCUT2D eigenvalue weighted by molar-refractivity contribution is -0.111. The molecule has 0 spiro atoms. The predicted molar refractivity (Wildman–Crippen MR) is 173 cm³/mol. The van der Waals surface area contributed by atoms with Gasteiger partial charge in [0.25, 0.3) is 0 Å². The van der Waals surface area contributed by atoms with Crippen LogP contribution in [0.1, 0.15) is 34.6 Å². The van der Waals surface area contributed by atoms with Crippen molar-refractivity contribution in [1.82, 2.24) is 10.6 Å². The standard InChI is InChI=1S/C36H35FN2O5S/c37-33-17-9-8-16-32(33)36(23-44-26(18-25(36)19-40)21-42-20-24-10-2-1-3-11-24)39-34(45)38-35(41)43-22-31-29-14-6-4-12-27(29)28-13-5-7-15-30(28)31/h1-17,25-26,31,40H,18-23H2,(H2,38,39,41,45)/t25-,26+,36-/m0/s1. The smallest absolute Gasteiger partial charge is 0.413 e. The summed E-state index contributed by atoms with van der Waals surface area (Å²) in [7, 11) is 0. The van der Waals surface area contributed by atoms with E-state index in [0.29, 0.717) is 19.6 Å². The van der Waals surface area contributed by atoms with Crippen LogP contribution < -0.4 is 10.6 Å². The molecule has 9 heteroatoms. The Morgan fingerprint density at radius 3 is 2.24 bits per heavy atom. The summed E-state index contributed by atoms with van der Waals surface area (Å²) in [6.07, 6.45) is -0.682. The average molecular weight is 627 g/mol. The summed E-state index contributed by atoms with van der Waals surface area (Å²) in [6, 6.07) is 32.3. The highest BCUT2D eigenvalue weighted by molar-refractivity contribution is 7.80. The van der Waals surface area contributed by atoms with Gasteiger partial charge in [0.2, 0.25) is 0 Å². The molecule has 0 radical (unpaired) electrons. The number of benzene rings is 4. The fourth-order valence-corrected chi connectivity index (χ4v) is 6.74. The molecule has 1 aliphatic heterocycles. The molecule has 4 aromatic carbocycles. The summed E-state index contributed by atoms with van der Waals surface area (Å²) in [5, 5.41) is 16.2. The average Bonchev–Trinajstić information content (AvgIpc) is 3.38. The Morgan fingerprint density at radius 1 is 0.911 bits per heavy atom. The van der Waals surface area contributed by atoms with E-state index in [1.54, 1.807) is 18.2 Å². The van der Waals surface area contributed by atoms with E-state index in [2.05, 4.69) is 22.8 Å². The third kappa shape index (κ3) is 6.62. The summed E-state index contributed by atoms with van der Waals surface area (Å²) < 4.78 is 33.1. The Morgan fingerprint density at radius 2 is 1.56 bits per heavy atom. The minimum Gasteiger partial charge on any atom is -0.448 e. The zero-order chi connectivity index (χ0) is 31.2. The van der Waals surface area contributed by atoms with Crippen LogP contribution in [0.5, 0.6) is 0 Å². The number of hydrogen-bond acceptors (Lipinski definition) is 6. The summed E-state index contributed by atoms with van der Waals surface area (Å²) in [5.74, 6) is -1.09. The van der Waals surface area contributed by atoms with Gasteiger partial charge in [-0.15, -0.1) is 0 Å². The van der Waals surface area contributed by atoms with E-state index in [9.17, 15) is 9.90 Å². The molecule has 0 aromatic heterocycles. The first kappa shape index (κ1) is 30.9. The third-order valence-electron chi connectivity index (χ3n) is 8.68. The third-order valence-corrected chi connectivity index (χ3v) is 8.88. The molecule has 1 heterocycles. The van der Waals surface area contributed by atoms with Crippen LogP contribution in [-0.2, 0) is 26.4 Å². The number of aliphatic hydroxyl groups is 1. The van der Waals surface area contributed by atoms with Crippen LogP contribution in [0, 0.1) is 11.7 Å². The van der Waals surface area contributed by atoms with E-state index in [0.717, 1.165) is 27.8 Å². The number of nitrogens with one attached hydrogen (secondary N) is 2. The SMILES string of the molecule is O=C(NC(=S)N[C@@]1(c2ccccc2F)CO[C@@H](COCc2ccccc2)C[C@H]1CO)OCC1c2ccccc2-c2ccccc21. The van der Waals surface area contributed by atoms with Crippen LogP contribution in [0.4, 0.5) is 9.18 Å². The predicted octanol–water partition coefficient (Wildman–Crippen LogP) is 6.05. The second kappa shape index (κ2) is 13.9. The second-order valence-electron chi connectivity index (χ2n) is 11.4. The number of aliphatic hydroxyl groups excluding tert-OH is 1. The Bertz CT molecular complexity index is 1610. The van der Waals surface area contributed by atoms with Gasteiger partial charge in [-0.2, -0.15) is 0 Å². The summed E-state index contributed by atoms with van der Waals surface area (Å²) in [4.78, 5) is 13.0. The van der Waals surface area contributed by atoms with Crippen molar-refractivity contribution in [3.8, 4) is 11.1 Å². The van der Waals surface area contributed by atoms with Crippen molar-refractivity contribution in [2.75, 3.05) is 26.4 Å². The number of halogens is 1. The molecule has 2 aliphatic rings. The van der Waals surface area contributed by atoms with Gasteiger partial charge in [-0.1, -0.05) is 97.1 Å². The number of carbonyl (C=O) groups is 1. The molecule has 6 rings (SSSR count). The van der Waals surface area contributed by atoms with Crippen molar-refractivity contribution in [1.29, 1.82) is 0 Å². The summed E-state index contributed by atoms with van der Waals surface area (Å²) in [6.45, 7) is 0.572. The van der Waals surface area contributed by atoms with Crippen LogP contribution in [-0.4, -0.2) is 48.8 Å². The molecule has 45 heavy (non-hydrogen) atoms. The molecular weight excluding hydrogens is 591 g/mol. The Labute approximate surface area is 267 Å². The number of alkyl carbamates (subject to hydrolysis) is 1. The molecule has 3 atom stereocenters. The van der Waals surface area contributed by atoms with Gasteiger partial charge in [0.05, 0.1) is 31.5 Å². The lowest BCUT2D eigenvalue weighted by atomic mass is 9.74. The molecule has 1 saturated heterocycles. The van der Waals surface area contributed by atoms with Crippen LogP contribution in [0.3, 0.4) is 0 Å². The van der Waals surface area contributed by atoms with Crippen molar-refractivity contribution in [3.63, 3.8) is 0 Å². The zero-order valence-electron chi connectivity index (χ0n) is 24.7. The topological polar surface area (TPSA) is 89.1 Å². The van der Waals surface area contributed by atoms with Crippen LogP contribution >= 0.6 is 12.2 Å². The van der Waals surface area contributed by atoms with Crippen molar-refractivity contribution in [3.05, 3.63) is 131 Å². The summed E-state index contributed by atoms with van der Waals surface area (Å²) in [5.41, 5.74) is 4.52. The quantitative estimate of drug-likeness (QED) is 0.195. The minimum absolute atomic E-state index is 0.00890. The Balaban J connectivity index is 1.12. The minimum atomic E-state index is -1.25. The molecule has 1 fully saturated rings. The van der Waals surface area contributed by atoms with Crippen LogP contribution in [0.2, 0.25) is 0 Å². The highest BCUT2D eigenvalue weighted by Crippen LogP contribution is 2.44. The van der Waals surface area contributed by atoms with Crippen LogP contribution in [0.25, 0.3) is 11.1 Å². The fraction of sp³-hybridized carbons (Fsp3) is 0.278. The summed E-state index contributed by atoms with van der Waals surface area (Å²) >= 11 is 5.55. The maximum atomic E-state index is 15.3. The van der Waals surface area contributed by atoms with Gasteiger partial charge in [0.15, 0.2) is 5.11 Å². The molecule has 3 N–H and O–H groups in total. The first-order valence-electron chi connectivity index (χ1n) is 15.0. The molecular formula is C36H35FN2O5S. The highest BCUT2D eigenvalue weighted by atomic mass is 32.1. The number of hydrogen-bond donors (Lipinski definition) is 3. The molecule has 4 aromatic rings. The maximum absolute atomic E-state index is 15.3. The number of rotatable bonds is 9. The number of carbonyl (C=O) groups excluding carboxylic acids is 1. The first-order chi connectivity index (χ1) is 22.0. The van der Waals surface area contributed by atoms with Crippen molar-refractivity contribution >= 4 is 23.4 Å². The Kier molecular flexibility index (Phi) is 9.51. The second-order valence-corrected chi connectivity index (χ2v) is 11.8. The van der Waals surface area contributed by atoms with Gasteiger partial charge in [0.1, 0.15) is 12.4 Å². The zero-order valence-corrected chi connectivity index (χ0v) is 25.5. The van der Waals surface area contributed by atoms with Gasteiger partial charge in [-0.25, -0.2) is 9.18 Å². The van der Waals surface area contributed by atoms with Gasteiger partial charge in [0, 0.05) is 24.0 Å². The highest BCUT2D eigenvalue weighted by Gasteiger charge is 2.47. The van der Waals surface area contributed by atoms with E-state index in [1.807, 2.05) is 66.7 Å². The van der Waals surface area contributed by atoms with E-state index in [4.69, 9.17) is 26.4 Å². The van der Waals surface area contributed by atoms with Crippen molar-refractivity contribution in [2.45, 2.75) is 30.6 Å². The molecule has 1 amide bonds. The van der Waals surface area contributed by atoms with Gasteiger partial charge >= 0.3 is 6.09 Å². The monoisotopic (exact) mass is 626 g/mol. The van der Waals surface area contributed by atoms with Gasteiger partial charge < -0.3 is 24.6 Å². The molecule has 7 nitrogen and oxygen atoms in total. The van der Waals surface area contributed by atoms with Crippen molar-refractivity contribution in [2.24, 2.45) is 5.92 Å². The normalized spacial score (nSPS) is 20.6. The van der Waals surface area contributed by atoms with E-state index in [-0.39, 0.29) is 42.5 Å². The first-order valence-corrected chi connectivity index (χ1v) is 15.4. The molecule has 232 valence electrons. The number of amides is 1. The lowest BCUT2D eigenvalue weighted by Crippen LogP contribution is -2.62. The van der Waals surface area contributed by atoms with Crippen molar-refractivity contribution < 1.29 is 28.5 Å². The van der Waals surface area contributed by atoms with E-state index in [1.165, 1.54) is 6.07 Å². The number of thiocarbonyl (C=S) groups is 1. The number of ether oxygens (including phenoxy) is 3. The Hall–Kier alpha value is -4.15. The lowest BCUT2D eigenvalue weighted by Gasteiger charge is -2.47. The molecule has 1 aliphatic carbocycles. The van der Waals surface area contributed by atoms with E-state index >= 15 is 4.39 Å². The maximum Gasteiger partial charge on any atom is 0.413 e. The molecule has 0 bridgehead atoms. The van der Waals surface area contributed by atoms with E-state index < -0.39 is 23.4 Å². The van der Waals surface area contributed by atoms with Gasteiger partial charge in [-0.05, 0) is 52.5 Å².